The van der Waals surface area contributed by atoms with Gasteiger partial charge in [-0.05, 0) is 25.2 Å². The van der Waals surface area contributed by atoms with Gasteiger partial charge in [0.1, 0.15) is 0 Å². The van der Waals surface area contributed by atoms with Crippen molar-refractivity contribution in [2.45, 2.75) is 30.6 Å². The summed E-state index contributed by atoms with van der Waals surface area (Å²) in [5.74, 6) is 0. The fourth-order valence-corrected chi connectivity index (χ4v) is 3.18. The average Bonchev–Trinajstić information content (AvgIpc) is 2.53. The van der Waals surface area contributed by atoms with E-state index < -0.39 is 5.60 Å². The number of benzene rings is 1. The van der Waals surface area contributed by atoms with Crippen molar-refractivity contribution >= 4 is 29.4 Å². The van der Waals surface area contributed by atoms with Gasteiger partial charge in [0.2, 0.25) is 0 Å². The normalized spacial score (nSPS) is 18.8. The standard InChI is InChI=1S/C16H23ClN2O2S/c1-12(22-2)11-18-15(20)19-9-7-16(21,8-10-19)13-5-3-4-6-14(13)17/h3-6,12,21H,7-11H2,1-2H3,(H,18,20)/t12-/m1/s1. The number of piperidine rings is 1. The second-order valence-corrected chi connectivity index (χ2v) is 7.41. The molecule has 4 nitrogen and oxygen atoms in total. The van der Waals surface area contributed by atoms with Crippen molar-refractivity contribution in [2.24, 2.45) is 0 Å². The molecule has 22 heavy (non-hydrogen) atoms. The number of amides is 2. The van der Waals surface area contributed by atoms with Gasteiger partial charge in [-0.3, -0.25) is 0 Å². The molecule has 1 aromatic rings. The van der Waals surface area contributed by atoms with Gasteiger partial charge in [0.15, 0.2) is 0 Å². The number of thioether (sulfide) groups is 1. The molecule has 0 spiro atoms. The van der Waals surface area contributed by atoms with Gasteiger partial charge in [0, 0.05) is 35.5 Å². The lowest BCUT2D eigenvalue weighted by molar-refractivity contribution is -0.0166. The van der Waals surface area contributed by atoms with Gasteiger partial charge in [0.25, 0.3) is 0 Å². The number of aliphatic hydroxyl groups is 1. The highest BCUT2D eigenvalue weighted by Crippen LogP contribution is 2.36. The third-order valence-corrected chi connectivity index (χ3v) is 5.50. The van der Waals surface area contributed by atoms with Gasteiger partial charge in [-0.1, -0.05) is 36.7 Å². The first-order chi connectivity index (χ1) is 10.5. The van der Waals surface area contributed by atoms with Gasteiger partial charge >= 0.3 is 6.03 Å². The van der Waals surface area contributed by atoms with Gasteiger partial charge in [-0.25, -0.2) is 4.79 Å². The molecule has 0 unspecified atom stereocenters. The minimum absolute atomic E-state index is 0.0536. The van der Waals surface area contributed by atoms with E-state index in [0.717, 1.165) is 5.56 Å². The monoisotopic (exact) mass is 342 g/mol. The third-order valence-electron chi connectivity index (χ3n) is 4.20. The van der Waals surface area contributed by atoms with Crippen LogP contribution in [0.4, 0.5) is 4.79 Å². The number of carbonyl (C=O) groups is 1. The number of hydrogen-bond acceptors (Lipinski definition) is 3. The Balaban J connectivity index is 1.92. The molecule has 1 atom stereocenters. The molecular weight excluding hydrogens is 320 g/mol. The molecule has 1 aromatic carbocycles. The molecule has 1 saturated heterocycles. The Morgan fingerprint density at radius 1 is 1.45 bits per heavy atom. The predicted molar refractivity (Wildman–Crippen MR) is 92.5 cm³/mol. The summed E-state index contributed by atoms with van der Waals surface area (Å²) < 4.78 is 0. The van der Waals surface area contributed by atoms with Crippen molar-refractivity contribution in [3.8, 4) is 0 Å². The van der Waals surface area contributed by atoms with Crippen LogP contribution in [0.3, 0.4) is 0 Å². The first kappa shape index (κ1) is 17.4. The molecule has 122 valence electrons. The quantitative estimate of drug-likeness (QED) is 0.884. The predicted octanol–water partition coefficient (Wildman–Crippen LogP) is 3.08. The summed E-state index contributed by atoms with van der Waals surface area (Å²) in [6.07, 6.45) is 3.03. The van der Waals surface area contributed by atoms with E-state index in [-0.39, 0.29) is 6.03 Å². The summed E-state index contributed by atoms with van der Waals surface area (Å²) in [7, 11) is 0. The zero-order valence-electron chi connectivity index (χ0n) is 13.0. The van der Waals surface area contributed by atoms with Crippen molar-refractivity contribution in [2.75, 3.05) is 25.9 Å². The number of carbonyl (C=O) groups excluding carboxylic acids is 1. The Hall–Kier alpha value is -0.910. The van der Waals surface area contributed by atoms with E-state index in [2.05, 4.69) is 12.2 Å². The van der Waals surface area contributed by atoms with Crippen molar-refractivity contribution in [3.63, 3.8) is 0 Å². The molecule has 0 aliphatic carbocycles. The van der Waals surface area contributed by atoms with Crippen LogP contribution in [-0.4, -0.2) is 47.2 Å². The van der Waals surface area contributed by atoms with Crippen LogP contribution in [0.5, 0.6) is 0 Å². The van der Waals surface area contributed by atoms with Crippen LogP contribution in [0.2, 0.25) is 5.02 Å². The van der Waals surface area contributed by atoms with E-state index in [9.17, 15) is 9.90 Å². The smallest absolute Gasteiger partial charge is 0.317 e. The van der Waals surface area contributed by atoms with Crippen molar-refractivity contribution < 1.29 is 9.90 Å². The maximum atomic E-state index is 12.1. The van der Waals surface area contributed by atoms with Gasteiger partial charge < -0.3 is 15.3 Å². The molecule has 0 radical (unpaired) electrons. The van der Waals surface area contributed by atoms with Crippen LogP contribution < -0.4 is 5.32 Å². The van der Waals surface area contributed by atoms with E-state index >= 15 is 0 Å². The first-order valence-electron chi connectivity index (χ1n) is 7.49. The van der Waals surface area contributed by atoms with Crippen LogP contribution in [0, 0.1) is 0 Å². The number of urea groups is 1. The minimum Gasteiger partial charge on any atom is -0.385 e. The summed E-state index contributed by atoms with van der Waals surface area (Å²) >= 11 is 7.92. The molecular formula is C16H23ClN2O2S. The number of hydrogen-bond donors (Lipinski definition) is 2. The van der Waals surface area contributed by atoms with Gasteiger partial charge in [-0.2, -0.15) is 11.8 Å². The number of likely N-dealkylation sites (tertiary alicyclic amines) is 1. The van der Waals surface area contributed by atoms with Gasteiger partial charge in [-0.15, -0.1) is 0 Å². The lowest BCUT2D eigenvalue weighted by Crippen LogP contribution is -2.49. The number of nitrogens with one attached hydrogen (secondary N) is 1. The van der Waals surface area contributed by atoms with Crippen molar-refractivity contribution in [3.05, 3.63) is 34.9 Å². The van der Waals surface area contributed by atoms with Crippen molar-refractivity contribution in [1.82, 2.24) is 10.2 Å². The summed E-state index contributed by atoms with van der Waals surface area (Å²) in [6.45, 7) is 3.80. The summed E-state index contributed by atoms with van der Waals surface area (Å²) in [5.41, 5.74) is -0.186. The Bertz CT molecular complexity index is 519. The maximum absolute atomic E-state index is 12.1. The minimum atomic E-state index is -0.943. The second kappa shape index (κ2) is 7.57. The zero-order chi connectivity index (χ0) is 16.2. The van der Waals surface area contributed by atoms with Crippen LogP contribution >= 0.6 is 23.4 Å². The van der Waals surface area contributed by atoms with Crippen molar-refractivity contribution in [1.29, 1.82) is 0 Å². The molecule has 2 amide bonds. The molecule has 6 heteroatoms. The lowest BCUT2D eigenvalue weighted by Gasteiger charge is -2.39. The largest absolute Gasteiger partial charge is 0.385 e. The Morgan fingerprint density at radius 3 is 2.68 bits per heavy atom. The third kappa shape index (κ3) is 4.09. The molecule has 1 fully saturated rings. The number of halogens is 1. The molecule has 0 saturated carbocycles. The molecule has 1 heterocycles. The fourth-order valence-electron chi connectivity index (χ4n) is 2.61. The van der Waals surface area contributed by atoms with Crippen LogP contribution in [0.1, 0.15) is 25.3 Å². The molecule has 2 rings (SSSR count). The summed E-state index contributed by atoms with van der Waals surface area (Å²) in [5, 5.41) is 14.8. The maximum Gasteiger partial charge on any atom is 0.317 e. The lowest BCUT2D eigenvalue weighted by atomic mass is 9.84. The number of rotatable bonds is 4. The van der Waals surface area contributed by atoms with Crippen LogP contribution in [0.15, 0.2) is 24.3 Å². The fraction of sp³-hybridized carbons (Fsp3) is 0.562. The number of nitrogens with zero attached hydrogens (tertiary/aromatic N) is 1. The van der Waals surface area contributed by atoms with Crippen LogP contribution in [0.25, 0.3) is 0 Å². The molecule has 0 aromatic heterocycles. The van der Waals surface area contributed by atoms with E-state index in [0.29, 0.717) is 42.7 Å². The molecule has 1 aliphatic rings. The first-order valence-corrected chi connectivity index (χ1v) is 9.16. The highest BCUT2D eigenvalue weighted by molar-refractivity contribution is 7.99. The zero-order valence-corrected chi connectivity index (χ0v) is 14.6. The Labute approximate surface area is 141 Å². The highest BCUT2D eigenvalue weighted by atomic mass is 35.5. The topological polar surface area (TPSA) is 52.6 Å². The molecule has 0 bridgehead atoms. The van der Waals surface area contributed by atoms with E-state index in [1.165, 1.54) is 0 Å². The highest BCUT2D eigenvalue weighted by Gasteiger charge is 2.36. The second-order valence-electron chi connectivity index (χ2n) is 5.73. The van der Waals surface area contributed by atoms with Gasteiger partial charge in [0.05, 0.1) is 5.60 Å². The van der Waals surface area contributed by atoms with E-state index in [1.54, 1.807) is 22.7 Å². The summed E-state index contributed by atoms with van der Waals surface area (Å²) in [4.78, 5) is 13.9. The average molecular weight is 343 g/mol. The Kier molecular flexibility index (Phi) is 6.01. The summed E-state index contributed by atoms with van der Waals surface area (Å²) in [6, 6.07) is 7.32. The van der Waals surface area contributed by atoms with Crippen LogP contribution in [-0.2, 0) is 5.60 Å². The van der Waals surface area contributed by atoms with E-state index in [1.807, 2.05) is 24.5 Å². The SMILES string of the molecule is CS[C@H](C)CNC(=O)N1CCC(O)(c2ccccc2Cl)CC1. The molecule has 2 N–H and O–H groups in total. The molecule has 1 aliphatic heterocycles. The van der Waals surface area contributed by atoms with E-state index in [4.69, 9.17) is 11.6 Å². The Morgan fingerprint density at radius 2 is 2.09 bits per heavy atom.